The second-order valence-electron chi connectivity index (χ2n) is 3.20. The maximum absolute atomic E-state index is 11.2. The van der Waals surface area contributed by atoms with Crippen LogP contribution in [0, 0.1) is 2.88 Å². The summed E-state index contributed by atoms with van der Waals surface area (Å²) in [5.74, 6) is 0.103. The van der Waals surface area contributed by atoms with Crippen LogP contribution in [0.3, 0.4) is 0 Å². The highest BCUT2D eigenvalue weighted by atomic mass is 127. The van der Waals surface area contributed by atoms with Gasteiger partial charge in [-0.2, -0.15) is 0 Å². The zero-order chi connectivity index (χ0) is 11.1. The van der Waals surface area contributed by atoms with Crippen molar-refractivity contribution < 1.29 is 4.79 Å². The lowest BCUT2D eigenvalue weighted by atomic mass is 10.3. The molecule has 92 valence electrons. The molecule has 0 fully saturated rings. The standard InChI is InChI=1S/C10H15IN2OS.ClH/c11-9-4-3-8(15-9)5-7-13-10(14)2-1-6-12;/h3-4H,1-2,5-7,12H2,(H,13,14);1H. The van der Waals surface area contributed by atoms with E-state index >= 15 is 0 Å². The summed E-state index contributed by atoms with van der Waals surface area (Å²) in [6.45, 7) is 1.30. The summed E-state index contributed by atoms with van der Waals surface area (Å²) in [7, 11) is 0. The Labute approximate surface area is 120 Å². The van der Waals surface area contributed by atoms with Crippen LogP contribution in [-0.2, 0) is 11.2 Å². The number of halogens is 2. The Morgan fingerprint density at radius 3 is 2.81 bits per heavy atom. The number of carbonyl (C=O) groups excluding carboxylic acids is 1. The average Bonchev–Trinajstić information content (AvgIpc) is 2.61. The Hall–Kier alpha value is 0.150. The van der Waals surface area contributed by atoms with Gasteiger partial charge in [0, 0.05) is 17.8 Å². The highest BCUT2D eigenvalue weighted by molar-refractivity contribution is 14.1. The third-order valence-corrected chi connectivity index (χ3v) is 3.88. The Morgan fingerprint density at radius 1 is 1.50 bits per heavy atom. The molecule has 1 aromatic heterocycles. The van der Waals surface area contributed by atoms with Gasteiger partial charge >= 0.3 is 0 Å². The summed E-state index contributed by atoms with van der Waals surface area (Å²) >= 11 is 4.07. The lowest BCUT2D eigenvalue weighted by Gasteiger charge is -2.02. The van der Waals surface area contributed by atoms with Gasteiger partial charge < -0.3 is 11.1 Å². The van der Waals surface area contributed by atoms with Crippen molar-refractivity contribution in [3.8, 4) is 0 Å². The van der Waals surface area contributed by atoms with E-state index in [2.05, 4.69) is 40.0 Å². The summed E-state index contributed by atoms with van der Waals surface area (Å²) in [4.78, 5) is 12.6. The first kappa shape index (κ1) is 16.1. The molecule has 16 heavy (non-hydrogen) atoms. The summed E-state index contributed by atoms with van der Waals surface area (Å²) in [5.41, 5.74) is 5.32. The molecule has 3 nitrogen and oxygen atoms in total. The molecule has 3 N–H and O–H groups in total. The van der Waals surface area contributed by atoms with E-state index in [1.54, 1.807) is 11.3 Å². The van der Waals surface area contributed by atoms with Crippen molar-refractivity contribution in [3.05, 3.63) is 19.9 Å². The van der Waals surface area contributed by atoms with E-state index in [9.17, 15) is 4.79 Å². The molecule has 1 aromatic rings. The molecule has 1 heterocycles. The predicted octanol–water partition coefficient (Wildman–Crippen LogP) is 2.17. The van der Waals surface area contributed by atoms with E-state index in [4.69, 9.17) is 5.73 Å². The smallest absolute Gasteiger partial charge is 0.220 e. The fraction of sp³-hybridized carbons (Fsp3) is 0.500. The number of rotatable bonds is 6. The number of hydrogen-bond donors (Lipinski definition) is 2. The van der Waals surface area contributed by atoms with Crippen LogP contribution in [0.5, 0.6) is 0 Å². The summed E-state index contributed by atoms with van der Waals surface area (Å²) in [6, 6.07) is 4.20. The number of hydrogen-bond acceptors (Lipinski definition) is 3. The number of nitrogens with two attached hydrogens (primary N) is 1. The van der Waals surface area contributed by atoms with Crippen LogP contribution in [0.1, 0.15) is 17.7 Å². The minimum Gasteiger partial charge on any atom is -0.356 e. The van der Waals surface area contributed by atoms with Gasteiger partial charge in [0.15, 0.2) is 0 Å². The Kier molecular flexibility index (Phi) is 9.29. The van der Waals surface area contributed by atoms with Crippen molar-refractivity contribution in [2.24, 2.45) is 5.73 Å². The monoisotopic (exact) mass is 374 g/mol. The highest BCUT2D eigenvalue weighted by Crippen LogP contribution is 2.18. The molecule has 0 aliphatic rings. The van der Waals surface area contributed by atoms with Gasteiger partial charge in [-0.25, -0.2) is 0 Å². The molecule has 0 saturated heterocycles. The molecule has 1 amide bonds. The van der Waals surface area contributed by atoms with Gasteiger partial charge in [-0.15, -0.1) is 23.7 Å². The second kappa shape index (κ2) is 9.21. The van der Waals surface area contributed by atoms with E-state index in [-0.39, 0.29) is 18.3 Å². The predicted molar refractivity (Wildman–Crippen MR) is 79.3 cm³/mol. The number of amides is 1. The van der Waals surface area contributed by atoms with Crippen LogP contribution in [0.25, 0.3) is 0 Å². The Morgan fingerprint density at radius 2 is 2.25 bits per heavy atom. The minimum absolute atomic E-state index is 0. The summed E-state index contributed by atoms with van der Waals surface area (Å²) in [5, 5.41) is 2.88. The zero-order valence-electron chi connectivity index (χ0n) is 8.87. The van der Waals surface area contributed by atoms with Crippen LogP contribution < -0.4 is 11.1 Å². The van der Waals surface area contributed by atoms with Crippen molar-refractivity contribution in [3.63, 3.8) is 0 Å². The van der Waals surface area contributed by atoms with Crippen LogP contribution in [0.2, 0.25) is 0 Å². The van der Waals surface area contributed by atoms with E-state index < -0.39 is 0 Å². The molecule has 0 spiro atoms. The molecular formula is C10H16ClIN2OS. The first-order chi connectivity index (χ1) is 7.22. The minimum atomic E-state index is 0. The van der Waals surface area contributed by atoms with Crippen molar-refractivity contribution in [2.45, 2.75) is 19.3 Å². The van der Waals surface area contributed by atoms with E-state index in [1.807, 2.05) is 0 Å². The maximum Gasteiger partial charge on any atom is 0.220 e. The molecular weight excluding hydrogens is 359 g/mol. The third-order valence-electron chi connectivity index (χ3n) is 1.93. The SMILES string of the molecule is Cl.NCCCC(=O)NCCc1ccc(I)s1. The quantitative estimate of drug-likeness (QED) is 0.750. The van der Waals surface area contributed by atoms with E-state index in [0.717, 1.165) is 19.4 Å². The summed E-state index contributed by atoms with van der Waals surface area (Å²) in [6.07, 6.45) is 2.23. The van der Waals surface area contributed by atoms with E-state index in [0.29, 0.717) is 13.0 Å². The molecule has 6 heteroatoms. The number of nitrogens with one attached hydrogen (secondary N) is 1. The van der Waals surface area contributed by atoms with E-state index in [1.165, 1.54) is 7.76 Å². The average molecular weight is 375 g/mol. The van der Waals surface area contributed by atoms with Crippen molar-refractivity contribution in [1.82, 2.24) is 5.32 Å². The fourth-order valence-electron chi connectivity index (χ4n) is 1.16. The van der Waals surface area contributed by atoms with Gasteiger partial charge in [0.1, 0.15) is 0 Å². The maximum atomic E-state index is 11.2. The molecule has 0 unspecified atom stereocenters. The van der Waals surface area contributed by atoms with Crippen LogP contribution in [0.15, 0.2) is 12.1 Å². The lowest BCUT2D eigenvalue weighted by molar-refractivity contribution is -0.121. The van der Waals surface area contributed by atoms with Crippen LogP contribution >= 0.6 is 46.3 Å². The second-order valence-corrected chi connectivity index (χ2v) is 6.26. The van der Waals surface area contributed by atoms with Crippen LogP contribution in [-0.4, -0.2) is 19.0 Å². The van der Waals surface area contributed by atoms with Crippen molar-refractivity contribution in [1.29, 1.82) is 0 Å². The number of thiophene rings is 1. The lowest BCUT2D eigenvalue weighted by Crippen LogP contribution is -2.25. The third kappa shape index (κ3) is 6.67. The van der Waals surface area contributed by atoms with Gasteiger partial charge in [0.25, 0.3) is 0 Å². The zero-order valence-corrected chi connectivity index (χ0v) is 12.7. The molecule has 0 radical (unpaired) electrons. The Balaban J connectivity index is 0.00000225. The fourth-order valence-corrected chi connectivity index (χ4v) is 2.92. The first-order valence-corrected chi connectivity index (χ1v) is 6.83. The van der Waals surface area contributed by atoms with Gasteiger partial charge in [0.2, 0.25) is 5.91 Å². The van der Waals surface area contributed by atoms with Gasteiger partial charge in [-0.3, -0.25) is 4.79 Å². The largest absolute Gasteiger partial charge is 0.356 e. The number of carbonyl (C=O) groups is 1. The van der Waals surface area contributed by atoms with Gasteiger partial charge in [0.05, 0.1) is 2.88 Å². The molecule has 0 aliphatic carbocycles. The first-order valence-electron chi connectivity index (χ1n) is 4.93. The van der Waals surface area contributed by atoms with Gasteiger partial charge in [-0.1, -0.05) is 0 Å². The van der Waals surface area contributed by atoms with Gasteiger partial charge in [-0.05, 0) is 54.1 Å². The molecule has 0 saturated carbocycles. The highest BCUT2D eigenvalue weighted by Gasteiger charge is 2.01. The normalized spacial score (nSPS) is 9.62. The van der Waals surface area contributed by atoms with Crippen molar-refractivity contribution >= 4 is 52.2 Å². The van der Waals surface area contributed by atoms with Crippen molar-refractivity contribution in [2.75, 3.05) is 13.1 Å². The molecule has 0 aromatic carbocycles. The molecule has 0 aliphatic heterocycles. The Bertz CT molecular complexity index is 320. The van der Waals surface area contributed by atoms with Crippen LogP contribution in [0.4, 0.5) is 0 Å². The molecule has 0 atom stereocenters. The molecule has 1 rings (SSSR count). The topological polar surface area (TPSA) is 55.1 Å². The molecule has 0 bridgehead atoms. The summed E-state index contributed by atoms with van der Waals surface area (Å²) < 4.78 is 1.29.